The van der Waals surface area contributed by atoms with Crippen molar-refractivity contribution in [3.05, 3.63) is 12.2 Å². The first-order valence-electron chi connectivity index (χ1n) is 6.36. The number of hydrogen-bond donors (Lipinski definition) is 2. The van der Waals surface area contributed by atoms with Crippen LogP contribution in [0.1, 0.15) is 25.1 Å². The Morgan fingerprint density at radius 2 is 2.39 bits per heavy atom. The van der Waals surface area contributed by atoms with Crippen molar-refractivity contribution in [1.29, 1.82) is 0 Å². The summed E-state index contributed by atoms with van der Waals surface area (Å²) in [6, 6.07) is 0. The average molecular weight is 247 g/mol. The molecule has 3 heterocycles. The summed E-state index contributed by atoms with van der Waals surface area (Å²) >= 11 is 0. The molecule has 1 unspecified atom stereocenters. The van der Waals surface area contributed by atoms with Crippen molar-refractivity contribution in [3.8, 4) is 0 Å². The van der Waals surface area contributed by atoms with Gasteiger partial charge in [0.05, 0.1) is 6.33 Å². The maximum atomic E-state index is 5.86. The van der Waals surface area contributed by atoms with Crippen LogP contribution in [-0.4, -0.2) is 33.1 Å². The van der Waals surface area contributed by atoms with Crippen LogP contribution < -0.4 is 5.73 Å². The number of nitrogen functional groups attached to an aromatic ring is 1. The summed E-state index contributed by atoms with van der Waals surface area (Å²) in [5.41, 5.74) is 7.24. The molecule has 6 heteroatoms. The third-order valence-corrected chi connectivity index (χ3v) is 3.39. The molecule has 96 valence electrons. The minimum absolute atomic E-state index is 0.479. The number of aromatic amines is 1. The van der Waals surface area contributed by atoms with Crippen molar-refractivity contribution < 1.29 is 4.74 Å². The largest absolute Gasteiger partial charge is 0.382 e. The molecule has 0 amide bonds. The van der Waals surface area contributed by atoms with Gasteiger partial charge in [0.25, 0.3) is 0 Å². The van der Waals surface area contributed by atoms with E-state index in [0.717, 1.165) is 43.8 Å². The van der Waals surface area contributed by atoms with Crippen molar-refractivity contribution in [2.75, 3.05) is 18.9 Å². The number of ether oxygens (including phenoxy) is 1. The molecule has 3 N–H and O–H groups in total. The Morgan fingerprint density at radius 1 is 1.44 bits per heavy atom. The summed E-state index contributed by atoms with van der Waals surface area (Å²) in [6.45, 7) is 1.76. The molecular formula is C12H17N5O. The van der Waals surface area contributed by atoms with Gasteiger partial charge in [-0.15, -0.1) is 0 Å². The first kappa shape index (κ1) is 11.4. The number of aryl methyl sites for hydroxylation is 1. The van der Waals surface area contributed by atoms with Gasteiger partial charge < -0.3 is 15.5 Å². The van der Waals surface area contributed by atoms with Gasteiger partial charge in [0.1, 0.15) is 11.3 Å². The Morgan fingerprint density at radius 3 is 3.22 bits per heavy atom. The number of imidazole rings is 1. The zero-order chi connectivity index (χ0) is 12.4. The number of nitrogens with two attached hydrogens (primary N) is 1. The van der Waals surface area contributed by atoms with Crippen LogP contribution in [-0.2, 0) is 11.2 Å². The Hall–Kier alpha value is -1.69. The molecule has 0 bridgehead atoms. The van der Waals surface area contributed by atoms with Crippen LogP contribution >= 0.6 is 0 Å². The minimum Gasteiger partial charge on any atom is -0.382 e. The van der Waals surface area contributed by atoms with Crippen LogP contribution in [0.25, 0.3) is 11.2 Å². The van der Waals surface area contributed by atoms with Crippen LogP contribution in [0, 0.1) is 5.92 Å². The molecule has 0 spiro atoms. The molecule has 2 aromatic rings. The van der Waals surface area contributed by atoms with E-state index in [-0.39, 0.29) is 0 Å². The van der Waals surface area contributed by atoms with Crippen molar-refractivity contribution in [2.24, 2.45) is 5.92 Å². The van der Waals surface area contributed by atoms with Crippen LogP contribution in [0.15, 0.2) is 6.33 Å². The summed E-state index contributed by atoms with van der Waals surface area (Å²) in [5.74, 6) is 1.88. The fraction of sp³-hybridized carbons (Fsp3) is 0.583. The highest BCUT2D eigenvalue weighted by molar-refractivity contribution is 5.80. The van der Waals surface area contributed by atoms with Crippen LogP contribution in [0.3, 0.4) is 0 Å². The molecule has 0 radical (unpaired) electrons. The van der Waals surface area contributed by atoms with Gasteiger partial charge in [-0.25, -0.2) is 15.0 Å². The van der Waals surface area contributed by atoms with Gasteiger partial charge in [-0.3, -0.25) is 0 Å². The molecule has 18 heavy (non-hydrogen) atoms. The predicted octanol–water partition coefficient (Wildman–Crippen LogP) is 1.29. The average Bonchev–Trinajstić information content (AvgIpc) is 2.86. The van der Waals surface area contributed by atoms with Gasteiger partial charge in [0.2, 0.25) is 0 Å². The fourth-order valence-electron chi connectivity index (χ4n) is 2.38. The maximum absolute atomic E-state index is 5.86. The van der Waals surface area contributed by atoms with Crippen LogP contribution in [0.2, 0.25) is 0 Å². The van der Waals surface area contributed by atoms with Crippen molar-refractivity contribution >= 4 is 17.0 Å². The Kier molecular flexibility index (Phi) is 3.10. The van der Waals surface area contributed by atoms with E-state index >= 15 is 0 Å². The van der Waals surface area contributed by atoms with E-state index in [9.17, 15) is 0 Å². The van der Waals surface area contributed by atoms with Gasteiger partial charge in [0.15, 0.2) is 11.5 Å². The highest BCUT2D eigenvalue weighted by atomic mass is 16.5. The lowest BCUT2D eigenvalue weighted by Crippen LogP contribution is -2.18. The number of rotatable bonds is 3. The zero-order valence-corrected chi connectivity index (χ0v) is 10.2. The Balaban J connectivity index is 1.70. The molecule has 0 saturated carbocycles. The summed E-state index contributed by atoms with van der Waals surface area (Å²) in [4.78, 5) is 15.8. The quantitative estimate of drug-likeness (QED) is 0.853. The van der Waals surface area contributed by atoms with Crippen LogP contribution in [0.5, 0.6) is 0 Å². The summed E-state index contributed by atoms with van der Waals surface area (Å²) in [6.07, 6.45) is 5.87. The minimum atomic E-state index is 0.479. The van der Waals surface area contributed by atoms with Gasteiger partial charge in [-0.05, 0) is 25.2 Å². The van der Waals surface area contributed by atoms with E-state index in [1.807, 2.05) is 0 Å². The molecule has 0 aromatic carbocycles. The standard InChI is InChI=1S/C12H17N5O/c13-11-10-12(15-7-14-10)17-9(16-11)4-3-8-2-1-5-18-6-8/h7-8H,1-6H2,(H3,13,14,15,16,17). The molecule has 1 atom stereocenters. The Labute approximate surface area is 105 Å². The van der Waals surface area contributed by atoms with E-state index in [0.29, 0.717) is 17.4 Å². The van der Waals surface area contributed by atoms with Crippen molar-refractivity contribution in [1.82, 2.24) is 19.9 Å². The topological polar surface area (TPSA) is 89.7 Å². The number of fused-ring (bicyclic) bond motifs is 1. The number of anilines is 1. The highest BCUT2D eigenvalue weighted by Crippen LogP contribution is 2.20. The highest BCUT2D eigenvalue weighted by Gasteiger charge is 2.15. The molecule has 1 saturated heterocycles. The third-order valence-electron chi connectivity index (χ3n) is 3.39. The van der Waals surface area contributed by atoms with Crippen molar-refractivity contribution in [3.63, 3.8) is 0 Å². The monoisotopic (exact) mass is 247 g/mol. The molecule has 1 aliphatic rings. The van der Waals surface area contributed by atoms with Crippen molar-refractivity contribution in [2.45, 2.75) is 25.7 Å². The first-order chi connectivity index (χ1) is 8.83. The molecule has 3 rings (SSSR count). The molecule has 1 aliphatic heterocycles. The number of aromatic nitrogens is 4. The summed E-state index contributed by atoms with van der Waals surface area (Å²) in [5, 5.41) is 0. The fourth-order valence-corrected chi connectivity index (χ4v) is 2.38. The second-order valence-electron chi connectivity index (χ2n) is 4.75. The smallest absolute Gasteiger partial charge is 0.183 e. The lowest BCUT2D eigenvalue weighted by Gasteiger charge is -2.21. The lowest BCUT2D eigenvalue weighted by atomic mass is 9.97. The van der Waals surface area contributed by atoms with Gasteiger partial charge in [0, 0.05) is 19.6 Å². The number of H-pyrrole nitrogens is 1. The SMILES string of the molecule is Nc1nc(CCC2CCCOC2)nc2nc[nH]c12. The number of nitrogens with zero attached hydrogens (tertiary/aromatic N) is 3. The number of nitrogens with one attached hydrogen (secondary N) is 1. The normalized spacial score (nSPS) is 20.3. The second-order valence-corrected chi connectivity index (χ2v) is 4.75. The van der Waals surface area contributed by atoms with E-state index in [2.05, 4.69) is 19.9 Å². The van der Waals surface area contributed by atoms with E-state index in [1.54, 1.807) is 6.33 Å². The number of hydrogen-bond acceptors (Lipinski definition) is 5. The second kappa shape index (κ2) is 4.89. The summed E-state index contributed by atoms with van der Waals surface area (Å²) < 4.78 is 5.47. The first-order valence-corrected chi connectivity index (χ1v) is 6.36. The maximum Gasteiger partial charge on any atom is 0.183 e. The van der Waals surface area contributed by atoms with Gasteiger partial charge >= 0.3 is 0 Å². The molecule has 2 aromatic heterocycles. The lowest BCUT2D eigenvalue weighted by molar-refractivity contribution is 0.0516. The zero-order valence-electron chi connectivity index (χ0n) is 10.2. The van der Waals surface area contributed by atoms with Gasteiger partial charge in [-0.2, -0.15) is 0 Å². The molecular weight excluding hydrogens is 230 g/mol. The molecule has 1 fully saturated rings. The predicted molar refractivity (Wildman–Crippen MR) is 68.0 cm³/mol. The van der Waals surface area contributed by atoms with E-state index < -0.39 is 0 Å². The molecule has 0 aliphatic carbocycles. The van der Waals surface area contributed by atoms with Crippen LogP contribution in [0.4, 0.5) is 5.82 Å². The third kappa shape index (κ3) is 2.28. The van der Waals surface area contributed by atoms with E-state index in [1.165, 1.54) is 6.42 Å². The van der Waals surface area contributed by atoms with E-state index in [4.69, 9.17) is 10.5 Å². The Bertz CT molecular complexity index is 532. The van der Waals surface area contributed by atoms with Gasteiger partial charge in [-0.1, -0.05) is 0 Å². The molecule has 6 nitrogen and oxygen atoms in total. The summed E-state index contributed by atoms with van der Waals surface area (Å²) in [7, 11) is 0.